The van der Waals surface area contributed by atoms with Gasteiger partial charge in [0.2, 0.25) is 0 Å². The lowest BCUT2D eigenvalue weighted by Gasteiger charge is -2.08. The number of nitrogens with one attached hydrogen (secondary N) is 1. The van der Waals surface area contributed by atoms with Crippen LogP contribution < -0.4 is 10.1 Å². The van der Waals surface area contributed by atoms with Crippen molar-refractivity contribution in [1.82, 2.24) is 19.8 Å². The van der Waals surface area contributed by atoms with Crippen molar-refractivity contribution in [2.45, 2.75) is 19.9 Å². The number of hydrogen-bond acceptors (Lipinski definition) is 6. The first-order chi connectivity index (χ1) is 12.8. The summed E-state index contributed by atoms with van der Waals surface area (Å²) in [4.78, 5) is 4.54. The molecule has 0 aliphatic carbocycles. The topological polar surface area (TPSA) is 77.5 Å². The Balaban J connectivity index is 1.54. The molecule has 1 N–H and O–H groups in total. The lowest BCUT2D eigenvalue weighted by atomic mass is 10.1. The SMILES string of the molecule is CCc1cc(NCc2cc(-c3cccc(OC)c3)on2)n2nccc2n1. The van der Waals surface area contributed by atoms with Crippen molar-refractivity contribution in [2.24, 2.45) is 0 Å². The molecular weight excluding hydrogens is 330 g/mol. The standard InChI is InChI=1S/C19H19N5O2/c1-3-14-11-19(24-18(22-14)7-8-21-24)20-12-15-10-17(26-23-15)13-5-4-6-16(9-13)25-2/h4-11,20H,3,12H2,1-2H3. The molecule has 4 aromatic rings. The van der Waals surface area contributed by atoms with E-state index in [1.807, 2.05) is 42.5 Å². The predicted molar refractivity (Wildman–Crippen MR) is 98.2 cm³/mol. The molecule has 0 amide bonds. The number of ether oxygens (including phenoxy) is 1. The zero-order valence-electron chi connectivity index (χ0n) is 14.6. The van der Waals surface area contributed by atoms with Crippen LogP contribution in [0.1, 0.15) is 18.3 Å². The maximum Gasteiger partial charge on any atom is 0.167 e. The number of anilines is 1. The molecule has 0 fully saturated rings. The van der Waals surface area contributed by atoms with Gasteiger partial charge in [0.15, 0.2) is 11.4 Å². The summed E-state index contributed by atoms with van der Waals surface area (Å²) in [7, 11) is 1.64. The predicted octanol–water partition coefficient (Wildman–Crippen LogP) is 3.57. The minimum absolute atomic E-state index is 0.523. The maximum absolute atomic E-state index is 5.48. The van der Waals surface area contributed by atoms with Crippen LogP contribution in [0.5, 0.6) is 5.75 Å². The Morgan fingerprint density at radius 3 is 2.92 bits per heavy atom. The summed E-state index contributed by atoms with van der Waals surface area (Å²) in [6, 6.07) is 13.5. The summed E-state index contributed by atoms with van der Waals surface area (Å²) in [5.41, 5.74) is 3.56. The molecule has 0 spiro atoms. The van der Waals surface area contributed by atoms with E-state index in [1.165, 1.54) is 0 Å². The Labute approximate surface area is 150 Å². The van der Waals surface area contributed by atoms with Crippen LogP contribution in [-0.4, -0.2) is 26.9 Å². The van der Waals surface area contributed by atoms with E-state index in [9.17, 15) is 0 Å². The van der Waals surface area contributed by atoms with Gasteiger partial charge in [0.05, 0.1) is 19.9 Å². The van der Waals surface area contributed by atoms with E-state index in [0.29, 0.717) is 12.3 Å². The number of rotatable bonds is 6. The molecule has 7 heteroatoms. The highest BCUT2D eigenvalue weighted by atomic mass is 16.5. The minimum Gasteiger partial charge on any atom is -0.497 e. The van der Waals surface area contributed by atoms with Gasteiger partial charge in [-0.2, -0.15) is 9.61 Å². The average Bonchev–Trinajstić information content (AvgIpc) is 3.35. The fourth-order valence-electron chi connectivity index (χ4n) is 2.76. The van der Waals surface area contributed by atoms with Crippen molar-refractivity contribution in [1.29, 1.82) is 0 Å². The highest BCUT2D eigenvalue weighted by Crippen LogP contribution is 2.24. The molecule has 0 atom stereocenters. The van der Waals surface area contributed by atoms with Crippen LogP contribution in [0.15, 0.2) is 53.2 Å². The smallest absolute Gasteiger partial charge is 0.167 e. The molecule has 0 unspecified atom stereocenters. The van der Waals surface area contributed by atoms with Gasteiger partial charge in [-0.25, -0.2) is 4.98 Å². The highest BCUT2D eigenvalue weighted by molar-refractivity contribution is 5.59. The molecule has 7 nitrogen and oxygen atoms in total. The fraction of sp³-hybridized carbons (Fsp3) is 0.211. The van der Waals surface area contributed by atoms with Crippen LogP contribution in [0.2, 0.25) is 0 Å². The van der Waals surface area contributed by atoms with Crippen LogP contribution in [0.3, 0.4) is 0 Å². The normalized spacial score (nSPS) is 11.0. The second-order valence-electron chi connectivity index (χ2n) is 5.86. The molecule has 1 aromatic carbocycles. The van der Waals surface area contributed by atoms with Gasteiger partial charge >= 0.3 is 0 Å². The van der Waals surface area contributed by atoms with Gasteiger partial charge in [-0.05, 0) is 18.6 Å². The van der Waals surface area contributed by atoms with Crippen molar-refractivity contribution in [3.05, 3.63) is 60.0 Å². The molecule has 0 aliphatic rings. The Morgan fingerprint density at radius 1 is 1.15 bits per heavy atom. The van der Waals surface area contributed by atoms with E-state index in [4.69, 9.17) is 9.26 Å². The Hall–Kier alpha value is -3.35. The number of aryl methyl sites for hydroxylation is 1. The molecule has 0 bridgehead atoms. The van der Waals surface area contributed by atoms with Gasteiger partial charge in [-0.15, -0.1) is 0 Å². The summed E-state index contributed by atoms with van der Waals surface area (Å²) in [6.07, 6.45) is 2.60. The summed E-state index contributed by atoms with van der Waals surface area (Å²) >= 11 is 0. The van der Waals surface area contributed by atoms with Crippen molar-refractivity contribution in [3.8, 4) is 17.1 Å². The third-order valence-corrected chi connectivity index (χ3v) is 4.14. The van der Waals surface area contributed by atoms with Crippen LogP contribution in [-0.2, 0) is 13.0 Å². The number of methoxy groups -OCH3 is 1. The second-order valence-corrected chi connectivity index (χ2v) is 5.86. The molecule has 132 valence electrons. The first-order valence-electron chi connectivity index (χ1n) is 8.44. The van der Waals surface area contributed by atoms with Gasteiger partial charge in [-0.3, -0.25) is 0 Å². The summed E-state index contributed by atoms with van der Waals surface area (Å²) in [6.45, 7) is 2.60. The zero-order chi connectivity index (χ0) is 17.9. The third-order valence-electron chi connectivity index (χ3n) is 4.14. The zero-order valence-corrected chi connectivity index (χ0v) is 14.6. The Morgan fingerprint density at radius 2 is 2.08 bits per heavy atom. The first kappa shape index (κ1) is 16.1. The highest BCUT2D eigenvalue weighted by Gasteiger charge is 2.10. The number of fused-ring (bicyclic) bond motifs is 1. The molecule has 4 rings (SSSR count). The molecule has 3 aromatic heterocycles. The van der Waals surface area contributed by atoms with Crippen molar-refractivity contribution >= 4 is 11.5 Å². The molecule has 0 aliphatic heterocycles. The van der Waals surface area contributed by atoms with Crippen LogP contribution in [0.25, 0.3) is 17.0 Å². The van der Waals surface area contributed by atoms with Crippen molar-refractivity contribution < 1.29 is 9.26 Å². The summed E-state index contributed by atoms with van der Waals surface area (Å²) < 4.78 is 12.5. The van der Waals surface area contributed by atoms with Gasteiger partial charge < -0.3 is 14.6 Å². The maximum atomic E-state index is 5.48. The molecule has 26 heavy (non-hydrogen) atoms. The largest absolute Gasteiger partial charge is 0.497 e. The van der Waals surface area contributed by atoms with E-state index in [-0.39, 0.29) is 0 Å². The first-order valence-corrected chi connectivity index (χ1v) is 8.44. The van der Waals surface area contributed by atoms with Crippen LogP contribution in [0.4, 0.5) is 5.82 Å². The molecule has 0 radical (unpaired) electrons. The monoisotopic (exact) mass is 349 g/mol. The molecule has 0 saturated heterocycles. The van der Waals surface area contributed by atoms with E-state index in [1.54, 1.807) is 17.8 Å². The van der Waals surface area contributed by atoms with Crippen molar-refractivity contribution in [3.63, 3.8) is 0 Å². The third kappa shape index (κ3) is 3.11. The van der Waals surface area contributed by atoms with Gasteiger partial charge in [0.1, 0.15) is 17.3 Å². The summed E-state index contributed by atoms with van der Waals surface area (Å²) in [5.74, 6) is 2.36. The Kier molecular flexibility index (Phi) is 4.27. The van der Waals surface area contributed by atoms with Crippen molar-refractivity contribution in [2.75, 3.05) is 12.4 Å². The lowest BCUT2D eigenvalue weighted by Crippen LogP contribution is -2.07. The molecule has 0 saturated carbocycles. The molecular formula is C19H19N5O2. The minimum atomic E-state index is 0.523. The number of benzene rings is 1. The quantitative estimate of drug-likeness (QED) is 0.573. The summed E-state index contributed by atoms with van der Waals surface area (Å²) in [5, 5.41) is 11.8. The number of hydrogen-bond donors (Lipinski definition) is 1. The number of nitrogens with zero attached hydrogens (tertiary/aromatic N) is 4. The Bertz CT molecular complexity index is 1040. The van der Waals surface area contributed by atoms with E-state index in [0.717, 1.165) is 40.6 Å². The lowest BCUT2D eigenvalue weighted by molar-refractivity contribution is 0.412. The number of aromatic nitrogens is 4. The van der Waals surface area contributed by atoms with Crippen LogP contribution in [0, 0.1) is 0 Å². The van der Waals surface area contributed by atoms with Gasteiger partial charge in [0.25, 0.3) is 0 Å². The van der Waals surface area contributed by atoms with E-state index < -0.39 is 0 Å². The second kappa shape index (κ2) is 6.87. The fourth-order valence-corrected chi connectivity index (χ4v) is 2.76. The van der Waals surface area contributed by atoms with Crippen LogP contribution >= 0.6 is 0 Å². The van der Waals surface area contributed by atoms with E-state index in [2.05, 4.69) is 27.5 Å². The van der Waals surface area contributed by atoms with E-state index >= 15 is 0 Å². The van der Waals surface area contributed by atoms with Gasteiger partial charge in [0, 0.05) is 29.5 Å². The van der Waals surface area contributed by atoms with Gasteiger partial charge in [-0.1, -0.05) is 24.2 Å². The molecule has 3 heterocycles. The average molecular weight is 349 g/mol.